The number of halogens is 1. The Kier molecular flexibility index (Phi) is 4.94. The Balaban J connectivity index is 1.54. The summed E-state index contributed by atoms with van der Waals surface area (Å²) in [7, 11) is 0. The second-order valence-corrected chi connectivity index (χ2v) is 6.58. The summed E-state index contributed by atoms with van der Waals surface area (Å²) in [5, 5.41) is 3.62. The van der Waals surface area contributed by atoms with Crippen LogP contribution in [0.15, 0.2) is 66.9 Å². The fraction of sp³-hybridized carbons (Fsp3) is 0.143. The molecule has 136 valence electrons. The topological polar surface area (TPSA) is 60.5 Å². The highest BCUT2D eigenvalue weighted by Crippen LogP contribution is 2.32. The van der Waals surface area contributed by atoms with Gasteiger partial charge in [-0.05, 0) is 47.5 Å². The molecule has 0 radical (unpaired) electrons. The zero-order valence-corrected chi connectivity index (χ0v) is 15.1. The Hall–Kier alpha value is -3.05. The van der Waals surface area contributed by atoms with Crippen LogP contribution in [-0.2, 0) is 11.3 Å². The molecular weight excluding hydrogens is 364 g/mol. The van der Waals surface area contributed by atoms with Crippen LogP contribution in [-0.4, -0.2) is 17.7 Å². The van der Waals surface area contributed by atoms with E-state index in [0.29, 0.717) is 23.0 Å². The maximum Gasteiger partial charge on any atom is 0.233 e. The van der Waals surface area contributed by atoms with Crippen LogP contribution in [0.4, 0.5) is 0 Å². The summed E-state index contributed by atoms with van der Waals surface area (Å²) in [5.41, 5.74) is 2.45. The highest BCUT2D eigenvalue weighted by atomic mass is 35.5. The van der Waals surface area contributed by atoms with E-state index in [1.54, 1.807) is 18.3 Å². The molecule has 6 heteroatoms. The molecule has 1 aromatic heterocycles. The summed E-state index contributed by atoms with van der Waals surface area (Å²) in [5.74, 6) is 0.768. The molecule has 1 aliphatic rings. The fourth-order valence-corrected chi connectivity index (χ4v) is 3.13. The van der Waals surface area contributed by atoms with E-state index in [1.807, 2.05) is 48.5 Å². The standard InChI is InChI=1S/C21H17ClN2O3/c22-16-7-5-15(6-8-16)20(17-3-1-2-10-23-17)21(25)24-12-14-4-9-18-19(11-14)27-13-26-18/h1-11,20H,12-13H2,(H,24,25). The minimum absolute atomic E-state index is 0.131. The Morgan fingerprint density at radius 1 is 1.07 bits per heavy atom. The lowest BCUT2D eigenvalue weighted by Gasteiger charge is -2.17. The number of ether oxygens (including phenoxy) is 2. The molecular formula is C21H17ClN2O3. The van der Waals surface area contributed by atoms with Crippen LogP contribution in [0.2, 0.25) is 5.02 Å². The van der Waals surface area contributed by atoms with Gasteiger partial charge >= 0.3 is 0 Å². The molecule has 0 bridgehead atoms. The first kappa shape index (κ1) is 17.4. The van der Waals surface area contributed by atoms with Crippen molar-refractivity contribution in [2.75, 3.05) is 6.79 Å². The van der Waals surface area contributed by atoms with Crippen molar-refractivity contribution < 1.29 is 14.3 Å². The van der Waals surface area contributed by atoms with Gasteiger partial charge in [-0.15, -0.1) is 0 Å². The van der Waals surface area contributed by atoms with E-state index < -0.39 is 5.92 Å². The predicted molar refractivity (Wildman–Crippen MR) is 102 cm³/mol. The normalized spacial score (nSPS) is 13.2. The SMILES string of the molecule is O=C(NCc1ccc2c(c1)OCO2)C(c1ccc(Cl)cc1)c1ccccn1. The van der Waals surface area contributed by atoms with Gasteiger partial charge in [0.15, 0.2) is 11.5 Å². The number of hydrogen-bond acceptors (Lipinski definition) is 4. The van der Waals surface area contributed by atoms with E-state index in [1.165, 1.54) is 0 Å². The van der Waals surface area contributed by atoms with Gasteiger partial charge in [0.25, 0.3) is 0 Å². The summed E-state index contributed by atoms with van der Waals surface area (Å²) >= 11 is 5.99. The number of nitrogens with one attached hydrogen (secondary N) is 1. The molecule has 5 nitrogen and oxygen atoms in total. The Bertz CT molecular complexity index is 945. The smallest absolute Gasteiger partial charge is 0.233 e. The van der Waals surface area contributed by atoms with Crippen LogP contribution in [0.1, 0.15) is 22.7 Å². The second kappa shape index (κ2) is 7.68. The quantitative estimate of drug-likeness (QED) is 0.729. The van der Waals surface area contributed by atoms with Crippen molar-refractivity contribution >= 4 is 17.5 Å². The van der Waals surface area contributed by atoms with Crippen molar-refractivity contribution in [2.24, 2.45) is 0 Å². The van der Waals surface area contributed by atoms with Crippen LogP contribution in [0.5, 0.6) is 11.5 Å². The molecule has 27 heavy (non-hydrogen) atoms. The average Bonchev–Trinajstić information content (AvgIpc) is 3.17. The summed E-state index contributed by atoms with van der Waals surface area (Å²) in [4.78, 5) is 17.4. The van der Waals surface area contributed by atoms with Gasteiger partial charge in [0.2, 0.25) is 12.7 Å². The van der Waals surface area contributed by atoms with E-state index in [4.69, 9.17) is 21.1 Å². The van der Waals surface area contributed by atoms with Crippen molar-refractivity contribution in [1.82, 2.24) is 10.3 Å². The van der Waals surface area contributed by atoms with Crippen LogP contribution in [0.25, 0.3) is 0 Å². The van der Waals surface area contributed by atoms with E-state index in [9.17, 15) is 4.79 Å². The Morgan fingerprint density at radius 3 is 2.67 bits per heavy atom. The molecule has 1 unspecified atom stereocenters. The Morgan fingerprint density at radius 2 is 1.89 bits per heavy atom. The molecule has 1 atom stereocenters. The van der Waals surface area contributed by atoms with Crippen LogP contribution in [0, 0.1) is 0 Å². The van der Waals surface area contributed by atoms with Gasteiger partial charge < -0.3 is 14.8 Å². The summed E-state index contributed by atoms with van der Waals surface area (Å²) in [6, 6.07) is 18.4. The molecule has 1 amide bonds. The summed E-state index contributed by atoms with van der Waals surface area (Å²) < 4.78 is 10.7. The van der Waals surface area contributed by atoms with Gasteiger partial charge in [0, 0.05) is 17.8 Å². The number of amides is 1. The van der Waals surface area contributed by atoms with Crippen LogP contribution < -0.4 is 14.8 Å². The lowest BCUT2D eigenvalue weighted by molar-refractivity contribution is -0.121. The van der Waals surface area contributed by atoms with Crippen molar-refractivity contribution in [3.63, 3.8) is 0 Å². The van der Waals surface area contributed by atoms with Gasteiger partial charge in [-0.3, -0.25) is 9.78 Å². The number of hydrogen-bond donors (Lipinski definition) is 1. The van der Waals surface area contributed by atoms with E-state index >= 15 is 0 Å². The van der Waals surface area contributed by atoms with Crippen molar-refractivity contribution in [1.29, 1.82) is 0 Å². The zero-order chi connectivity index (χ0) is 18.6. The second-order valence-electron chi connectivity index (χ2n) is 6.14. The molecule has 0 saturated carbocycles. The third kappa shape index (κ3) is 3.88. The van der Waals surface area contributed by atoms with Crippen molar-refractivity contribution in [3.8, 4) is 11.5 Å². The monoisotopic (exact) mass is 380 g/mol. The zero-order valence-electron chi connectivity index (χ0n) is 14.4. The number of fused-ring (bicyclic) bond motifs is 1. The van der Waals surface area contributed by atoms with Crippen molar-refractivity contribution in [2.45, 2.75) is 12.5 Å². The molecule has 0 fully saturated rings. The molecule has 2 heterocycles. The predicted octanol–water partition coefficient (Wildman–Crippen LogP) is 3.91. The first-order valence-corrected chi connectivity index (χ1v) is 8.91. The van der Waals surface area contributed by atoms with Crippen LogP contribution >= 0.6 is 11.6 Å². The first-order chi connectivity index (χ1) is 13.2. The van der Waals surface area contributed by atoms with Gasteiger partial charge in [0.05, 0.1) is 5.69 Å². The molecule has 4 rings (SSSR count). The lowest BCUT2D eigenvalue weighted by Crippen LogP contribution is -2.30. The number of pyridine rings is 1. The minimum Gasteiger partial charge on any atom is -0.454 e. The van der Waals surface area contributed by atoms with Gasteiger partial charge in [-0.25, -0.2) is 0 Å². The molecule has 0 saturated heterocycles. The van der Waals surface area contributed by atoms with Crippen LogP contribution in [0.3, 0.4) is 0 Å². The van der Waals surface area contributed by atoms with Gasteiger partial charge in [0.1, 0.15) is 5.92 Å². The average molecular weight is 381 g/mol. The largest absolute Gasteiger partial charge is 0.454 e. The third-order valence-corrected chi connectivity index (χ3v) is 4.60. The lowest BCUT2D eigenvalue weighted by atomic mass is 9.94. The molecule has 2 aromatic carbocycles. The molecule has 1 aliphatic heterocycles. The number of aromatic nitrogens is 1. The van der Waals surface area contributed by atoms with Crippen molar-refractivity contribution in [3.05, 3.63) is 88.7 Å². The first-order valence-electron chi connectivity index (χ1n) is 8.53. The highest BCUT2D eigenvalue weighted by molar-refractivity contribution is 6.30. The molecule has 0 spiro atoms. The van der Waals surface area contributed by atoms with Gasteiger partial charge in [-0.1, -0.05) is 35.9 Å². The maximum absolute atomic E-state index is 13.0. The summed E-state index contributed by atoms with van der Waals surface area (Å²) in [6.07, 6.45) is 1.68. The van der Waals surface area contributed by atoms with E-state index in [0.717, 1.165) is 16.9 Å². The number of benzene rings is 2. The summed E-state index contributed by atoms with van der Waals surface area (Å²) in [6.45, 7) is 0.607. The maximum atomic E-state index is 13.0. The molecule has 1 N–H and O–H groups in total. The van der Waals surface area contributed by atoms with Gasteiger partial charge in [-0.2, -0.15) is 0 Å². The third-order valence-electron chi connectivity index (χ3n) is 4.35. The minimum atomic E-state index is -0.516. The number of rotatable bonds is 5. The molecule has 0 aliphatic carbocycles. The number of carbonyl (C=O) groups is 1. The number of carbonyl (C=O) groups excluding carboxylic acids is 1. The van der Waals surface area contributed by atoms with E-state index in [2.05, 4.69) is 10.3 Å². The number of nitrogens with zero attached hydrogens (tertiary/aromatic N) is 1. The highest BCUT2D eigenvalue weighted by Gasteiger charge is 2.24. The molecule has 3 aromatic rings. The van der Waals surface area contributed by atoms with E-state index in [-0.39, 0.29) is 12.7 Å². The Labute approximate surface area is 161 Å². The fourth-order valence-electron chi connectivity index (χ4n) is 3.00.